The SMILES string of the molecule is CCOC(=O)C1CCN(C(=O)C2CSCN2C(=O)C2CC2)CC1. The molecule has 0 bridgehead atoms. The predicted octanol–water partition coefficient (Wildman–Crippen LogP) is 1.10. The number of carbonyl (C=O) groups is 3. The van der Waals surface area contributed by atoms with E-state index >= 15 is 0 Å². The van der Waals surface area contributed by atoms with Crippen molar-refractivity contribution in [3.05, 3.63) is 0 Å². The molecule has 3 aliphatic rings. The van der Waals surface area contributed by atoms with E-state index in [1.165, 1.54) is 0 Å². The zero-order valence-electron chi connectivity index (χ0n) is 13.5. The number of hydrogen-bond donors (Lipinski definition) is 0. The minimum absolute atomic E-state index is 0.0475. The molecule has 0 aromatic heterocycles. The topological polar surface area (TPSA) is 66.9 Å². The van der Waals surface area contributed by atoms with Gasteiger partial charge in [0.1, 0.15) is 6.04 Å². The highest BCUT2D eigenvalue weighted by molar-refractivity contribution is 7.99. The second-order valence-corrected chi connectivity index (χ2v) is 7.45. The van der Waals surface area contributed by atoms with Crippen molar-refractivity contribution < 1.29 is 19.1 Å². The molecule has 2 aliphatic heterocycles. The van der Waals surface area contributed by atoms with Crippen molar-refractivity contribution in [2.75, 3.05) is 31.3 Å². The highest BCUT2D eigenvalue weighted by atomic mass is 32.2. The smallest absolute Gasteiger partial charge is 0.309 e. The maximum absolute atomic E-state index is 12.8. The van der Waals surface area contributed by atoms with Crippen LogP contribution in [0.1, 0.15) is 32.6 Å². The number of thioether (sulfide) groups is 1. The lowest BCUT2D eigenvalue weighted by molar-refractivity contribution is -0.152. The van der Waals surface area contributed by atoms with E-state index < -0.39 is 0 Å². The van der Waals surface area contributed by atoms with Gasteiger partial charge >= 0.3 is 5.97 Å². The summed E-state index contributed by atoms with van der Waals surface area (Å²) in [4.78, 5) is 40.4. The Morgan fingerprint density at radius 3 is 2.35 bits per heavy atom. The van der Waals surface area contributed by atoms with Gasteiger partial charge in [-0.3, -0.25) is 14.4 Å². The molecular formula is C16H24N2O4S. The van der Waals surface area contributed by atoms with Gasteiger partial charge in [0.25, 0.3) is 0 Å². The molecule has 0 N–H and O–H groups in total. The highest BCUT2D eigenvalue weighted by Crippen LogP contribution is 2.35. The van der Waals surface area contributed by atoms with Crippen LogP contribution in [-0.4, -0.2) is 65.0 Å². The van der Waals surface area contributed by atoms with Gasteiger partial charge in [0.15, 0.2) is 0 Å². The van der Waals surface area contributed by atoms with Gasteiger partial charge < -0.3 is 14.5 Å². The largest absolute Gasteiger partial charge is 0.466 e. The summed E-state index contributed by atoms with van der Waals surface area (Å²) < 4.78 is 5.06. The Bertz CT molecular complexity index is 486. The first-order chi connectivity index (χ1) is 11.1. The highest BCUT2D eigenvalue weighted by Gasteiger charge is 2.43. The summed E-state index contributed by atoms with van der Waals surface area (Å²) in [6.45, 7) is 3.36. The van der Waals surface area contributed by atoms with Crippen molar-refractivity contribution in [1.82, 2.24) is 9.80 Å². The maximum Gasteiger partial charge on any atom is 0.309 e. The lowest BCUT2D eigenvalue weighted by Crippen LogP contribution is -2.51. The van der Waals surface area contributed by atoms with E-state index in [2.05, 4.69) is 0 Å². The van der Waals surface area contributed by atoms with Gasteiger partial charge in [-0.2, -0.15) is 0 Å². The normalized spacial score (nSPS) is 25.5. The monoisotopic (exact) mass is 340 g/mol. The zero-order valence-corrected chi connectivity index (χ0v) is 14.3. The van der Waals surface area contributed by atoms with Gasteiger partial charge in [-0.05, 0) is 32.6 Å². The first-order valence-corrected chi connectivity index (χ1v) is 9.61. The van der Waals surface area contributed by atoms with E-state index in [1.54, 1.807) is 23.6 Å². The summed E-state index contributed by atoms with van der Waals surface area (Å²) in [5, 5.41) is 0. The average molecular weight is 340 g/mol. The summed E-state index contributed by atoms with van der Waals surface area (Å²) in [5.74, 6) is 1.42. The van der Waals surface area contributed by atoms with Gasteiger partial charge in [-0.15, -0.1) is 11.8 Å². The molecule has 0 spiro atoms. The summed E-state index contributed by atoms with van der Waals surface area (Å²) in [6, 6.07) is -0.313. The molecule has 6 nitrogen and oxygen atoms in total. The number of esters is 1. The van der Waals surface area contributed by atoms with Gasteiger partial charge in [0, 0.05) is 24.8 Å². The van der Waals surface area contributed by atoms with Crippen molar-refractivity contribution in [2.24, 2.45) is 11.8 Å². The van der Waals surface area contributed by atoms with Crippen LogP contribution < -0.4 is 0 Å². The third kappa shape index (κ3) is 3.65. The number of piperidine rings is 1. The molecule has 2 amide bonds. The molecule has 0 radical (unpaired) electrons. The molecule has 23 heavy (non-hydrogen) atoms. The lowest BCUT2D eigenvalue weighted by Gasteiger charge is -2.34. The third-order valence-electron chi connectivity index (χ3n) is 4.80. The molecule has 3 rings (SSSR count). The summed E-state index contributed by atoms with van der Waals surface area (Å²) in [6.07, 6.45) is 3.24. The number of likely N-dealkylation sites (tertiary alicyclic amines) is 1. The Morgan fingerprint density at radius 1 is 1.04 bits per heavy atom. The molecule has 1 atom stereocenters. The molecule has 0 aromatic rings. The Balaban J connectivity index is 1.54. The van der Waals surface area contributed by atoms with Gasteiger partial charge in [0.2, 0.25) is 11.8 Å². The third-order valence-corrected chi connectivity index (χ3v) is 5.82. The number of carbonyl (C=O) groups excluding carboxylic acids is 3. The fourth-order valence-corrected chi connectivity index (χ4v) is 4.39. The predicted molar refractivity (Wildman–Crippen MR) is 86.6 cm³/mol. The van der Waals surface area contributed by atoms with Crippen molar-refractivity contribution >= 4 is 29.5 Å². The Labute approximate surface area is 140 Å². The number of nitrogens with zero attached hydrogens (tertiary/aromatic N) is 2. The summed E-state index contributed by atoms with van der Waals surface area (Å²) in [5.41, 5.74) is 0. The van der Waals surface area contributed by atoms with Crippen LogP contribution in [0.5, 0.6) is 0 Å². The van der Waals surface area contributed by atoms with Crippen LogP contribution in [0.4, 0.5) is 0 Å². The van der Waals surface area contributed by atoms with Crippen molar-refractivity contribution in [3.63, 3.8) is 0 Å². The first kappa shape index (κ1) is 16.6. The van der Waals surface area contributed by atoms with E-state index in [0.717, 1.165) is 12.8 Å². The van der Waals surface area contributed by atoms with Gasteiger partial charge in [0.05, 0.1) is 18.4 Å². The van der Waals surface area contributed by atoms with Crippen molar-refractivity contribution in [2.45, 2.75) is 38.6 Å². The number of rotatable bonds is 4. The quantitative estimate of drug-likeness (QED) is 0.717. The van der Waals surface area contributed by atoms with Crippen LogP contribution in [0.2, 0.25) is 0 Å². The molecule has 0 aromatic carbocycles. The molecule has 2 saturated heterocycles. The van der Waals surface area contributed by atoms with E-state index in [-0.39, 0.29) is 35.7 Å². The van der Waals surface area contributed by atoms with E-state index in [1.807, 2.05) is 4.90 Å². The molecule has 1 aliphatic carbocycles. The standard InChI is InChI=1S/C16H24N2O4S/c1-2-22-16(21)12-5-7-17(8-6-12)15(20)13-9-23-10-18(13)14(19)11-3-4-11/h11-13H,2-10H2,1H3. The Morgan fingerprint density at radius 2 is 1.74 bits per heavy atom. The van der Waals surface area contributed by atoms with E-state index in [4.69, 9.17) is 4.74 Å². The van der Waals surface area contributed by atoms with E-state index in [9.17, 15) is 14.4 Å². The average Bonchev–Trinajstić information content (AvgIpc) is 3.30. The molecule has 3 fully saturated rings. The maximum atomic E-state index is 12.8. The molecular weight excluding hydrogens is 316 g/mol. The fourth-order valence-electron chi connectivity index (χ4n) is 3.24. The lowest BCUT2D eigenvalue weighted by atomic mass is 9.96. The molecule has 2 heterocycles. The zero-order chi connectivity index (χ0) is 16.4. The number of ether oxygens (including phenoxy) is 1. The fraction of sp³-hybridized carbons (Fsp3) is 0.812. The van der Waals surface area contributed by atoms with Crippen molar-refractivity contribution in [1.29, 1.82) is 0 Å². The van der Waals surface area contributed by atoms with Crippen LogP contribution in [0.3, 0.4) is 0 Å². The summed E-state index contributed by atoms with van der Waals surface area (Å²) >= 11 is 1.65. The number of amides is 2. The van der Waals surface area contributed by atoms with Crippen LogP contribution in [-0.2, 0) is 19.1 Å². The van der Waals surface area contributed by atoms with Crippen LogP contribution in [0.25, 0.3) is 0 Å². The Kier molecular flexibility index (Phi) is 5.14. The second kappa shape index (κ2) is 7.11. The summed E-state index contributed by atoms with van der Waals surface area (Å²) in [7, 11) is 0. The van der Waals surface area contributed by atoms with Crippen LogP contribution in [0.15, 0.2) is 0 Å². The van der Waals surface area contributed by atoms with Crippen LogP contribution >= 0.6 is 11.8 Å². The van der Waals surface area contributed by atoms with Crippen molar-refractivity contribution in [3.8, 4) is 0 Å². The minimum atomic E-state index is -0.313. The van der Waals surface area contributed by atoms with Crippen LogP contribution in [0, 0.1) is 11.8 Å². The second-order valence-electron chi connectivity index (χ2n) is 6.45. The minimum Gasteiger partial charge on any atom is -0.466 e. The molecule has 7 heteroatoms. The molecule has 1 saturated carbocycles. The molecule has 1 unspecified atom stereocenters. The number of hydrogen-bond acceptors (Lipinski definition) is 5. The van der Waals surface area contributed by atoms with E-state index in [0.29, 0.717) is 44.2 Å². The Hall–Kier alpha value is -1.24. The van der Waals surface area contributed by atoms with Gasteiger partial charge in [-0.1, -0.05) is 0 Å². The van der Waals surface area contributed by atoms with Gasteiger partial charge in [-0.25, -0.2) is 0 Å². The first-order valence-electron chi connectivity index (χ1n) is 8.45. The molecule has 128 valence electrons.